The summed E-state index contributed by atoms with van der Waals surface area (Å²) in [6.07, 6.45) is 5.48. The maximum absolute atomic E-state index is 12.0. The van der Waals surface area contributed by atoms with Crippen LogP contribution in [0.25, 0.3) is 10.8 Å². The van der Waals surface area contributed by atoms with E-state index >= 15 is 0 Å². The fourth-order valence-electron chi connectivity index (χ4n) is 3.65. The van der Waals surface area contributed by atoms with Crippen molar-refractivity contribution >= 4 is 52.0 Å². The number of carbonyl (C=O) groups is 3. The SMILES string of the molecule is C=CC(C=O)CC.CC.CC(C)C.CCCS(=O)NC.CNCC(=O)N1CCC(Oc2ccc(OC)c3ccc(Cl)cc23)C1.NC=O. The molecule has 0 saturated carbocycles. The third-order valence-corrected chi connectivity index (χ3v) is 7.27. The molecule has 3 unspecified atom stereocenters. The van der Waals surface area contributed by atoms with Crippen LogP contribution >= 0.6 is 11.6 Å². The van der Waals surface area contributed by atoms with E-state index in [1.165, 1.54) is 0 Å². The van der Waals surface area contributed by atoms with E-state index in [4.69, 9.17) is 25.9 Å². The quantitative estimate of drug-likeness (QED) is 0.188. The van der Waals surface area contributed by atoms with Crippen LogP contribution in [-0.2, 0) is 25.4 Å². The lowest BCUT2D eigenvalue weighted by atomic mass is 10.1. The summed E-state index contributed by atoms with van der Waals surface area (Å²) >= 11 is 6.15. The van der Waals surface area contributed by atoms with Crippen LogP contribution in [-0.4, -0.2) is 80.4 Å². The fourth-order valence-corrected chi connectivity index (χ4v) is 4.39. The summed E-state index contributed by atoms with van der Waals surface area (Å²) in [5.41, 5.74) is 4.17. The van der Waals surface area contributed by atoms with E-state index in [-0.39, 0.29) is 24.3 Å². The standard InChI is InChI=1S/C18H21ClN2O3.C6H10O.C4H11NOS.C4H10.C2H6.CH3NO/c1-20-10-18(22)21-8-7-13(11-21)24-17-6-5-16(23-2)14-4-3-12(19)9-15(14)17;1-3-6(4-2)5-7;1-3-4-7(6)5-2;1-4(2)3;1-2;2-1-3/h3-6,9,13,20H,7-8,10-11H2,1-2H3;3,5-6H,1,4H2,2H3;5H,3-4H2,1-2H3;4H,1-3H3;1-2H3;1H,(H2,2,3). The second-order valence-corrected chi connectivity index (χ2v) is 12.4. The minimum atomic E-state index is -0.777. The zero-order valence-electron chi connectivity index (χ0n) is 30.3. The number of primary amides is 1. The molecule has 0 aliphatic carbocycles. The molecule has 0 radical (unpaired) electrons. The van der Waals surface area contributed by atoms with Crippen molar-refractivity contribution in [3.63, 3.8) is 0 Å². The first-order valence-corrected chi connectivity index (χ1v) is 17.8. The number of amides is 2. The number of nitrogens with two attached hydrogens (primary N) is 1. The summed E-state index contributed by atoms with van der Waals surface area (Å²) in [7, 11) is 4.34. The van der Waals surface area contributed by atoms with Gasteiger partial charge in [-0.3, -0.25) is 9.59 Å². The molecule has 1 heterocycles. The van der Waals surface area contributed by atoms with Gasteiger partial charge in [0.05, 0.1) is 31.2 Å². The van der Waals surface area contributed by atoms with Crippen LogP contribution in [0.4, 0.5) is 0 Å². The van der Waals surface area contributed by atoms with E-state index in [0.29, 0.717) is 18.1 Å². The Bertz CT molecular complexity index is 1140. The van der Waals surface area contributed by atoms with Crippen molar-refractivity contribution in [2.24, 2.45) is 17.6 Å². The van der Waals surface area contributed by atoms with E-state index < -0.39 is 11.0 Å². The summed E-state index contributed by atoms with van der Waals surface area (Å²) in [6.45, 7) is 19.6. The largest absolute Gasteiger partial charge is 0.496 e. The molecule has 0 bridgehead atoms. The van der Waals surface area contributed by atoms with Gasteiger partial charge in [0.1, 0.15) is 23.9 Å². The Kier molecular flexibility index (Phi) is 32.5. The van der Waals surface area contributed by atoms with Crippen LogP contribution in [0.3, 0.4) is 0 Å². The number of hydrogen-bond donors (Lipinski definition) is 3. The predicted molar refractivity (Wildman–Crippen MR) is 200 cm³/mol. The first-order valence-electron chi connectivity index (χ1n) is 16.1. The van der Waals surface area contributed by atoms with E-state index in [1.807, 2.05) is 62.9 Å². The van der Waals surface area contributed by atoms with Gasteiger partial charge >= 0.3 is 0 Å². The third-order valence-electron chi connectivity index (χ3n) is 5.80. The Hall–Kier alpha value is -2.99. The molecule has 3 atom stereocenters. The normalized spacial score (nSPS) is 14.0. The summed E-state index contributed by atoms with van der Waals surface area (Å²) in [5, 5.41) is 5.42. The smallest absolute Gasteiger partial charge is 0.236 e. The Morgan fingerprint density at radius 1 is 1.13 bits per heavy atom. The average molecular weight is 701 g/mol. The third kappa shape index (κ3) is 23.1. The number of hydrogen-bond acceptors (Lipinski definition) is 7. The Morgan fingerprint density at radius 3 is 2.11 bits per heavy atom. The van der Waals surface area contributed by atoms with Crippen LogP contribution in [0.2, 0.25) is 5.02 Å². The second kappa shape index (κ2) is 31.6. The predicted octanol–water partition coefficient (Wildman–Crippen LogP) is 6.17. The van der Waals surface area contributed by atoms with Crippen molar-refractivity contribution in [1.29, 1.82) is 0 Å². The summed E-state index contributed by atoms with van der Waals surface area (Å²) in [4.78, 5) is 32.3. The van der Waals surface area contributed by atoms with Crippen molar-refractivity contribution in [3.05, 3.63) is 48.0 Å². The number of methoxy groups -OCH3 is 1. The number of aldehydes is 1. The van der Waals surface area contributed by atoms with E-state index in [9.17, 15) is 13.8 Å². The van der Waals surface area contributed by atoms with Gasteiger partial charge < -0.3 is 30.2 Å². The van der Waals surface area contributed by atoms with E-state index in [2.05, 4.69) is 43.1 Å². The van der Waals surface area contributed by atoms with Crippen molar-refractivity contribution in [2.75, 3.05) is 46.6 Å². The molecule has 3 rings (SSSR count). The van der Waals surface area contributed by atoms with Gasteiger partial charge in [-0.25, -0.2) is 8.93 Å². The molecule has 47 heavy (non-hydrogen) atoms. The number of nitrogens with one attached hydrogen (secondary N) is 2. The minimum Gasteiger partial charge on any atom is -0.496 e. The van der Waals surface area contributed by atoms with E-state index in [1.54, 1.807) is 27.3 Å². The first-order chi connectivity index (χ1) is 22.4. The molecule has 2 amide bonds. The second-order valence-electron chi connectivity index (χ2n) is 10.4. The number of fused-ring (bicyclic) bond motifs is 1. The van der Waals surface area contributed by atoms with Crippen molar-refractivity contribution in [2.45, 2.75) is 73.8 Å². The Morgan fingerprint density at radius 2 is 1.70 bits per heavy atom. The molecule has 1 aliphatic rings. The van der Waals surface area contributed by atoms with Crippen molar-refractivity contribution in [3.8, 4) is 11.5 Å². The molecule has 1 saturated heterocycles. The highest BCUT2D eigenvalue weighted by Gasteiger charge is 2.27. The molecule has 4 N–H and O–H groups in total. The number of rotatable bonds is 11. The summed E-state index contributed by atoms with van der Waals surface area (Å²) in [6, 6.07) is 9.44. The number of likely N-dealkylation sites (N-methyl/N-ethyl adjacent to an activating group) is 1. The first kappa shape index (κ1) is 48.4. The number of benzene rings is 2. The number of halogens is 1. The van der Waals surface area contributed by atoms with Crippen LogP contribution < -0.4 is 25.2 Å². The van der Waals surface area contributed by atoms with E-state index in [0.717, 1.165) is 66.0 Å². The molecule has 1 fully saturated rings. The molecule has 10 nitrogen and oxygen atoms in total. The van der Waals surface area contributed by atoms with Crippen LogP contribution in [0, 0.1) is 11.8 Å². The maximum atomic E-state index is 12.0. The molecular weight excluding hydrogens is 640 g/mol. The highest BCUT2D eigenvalue weighted by atomic mass is 35.5. The summed E-state index contributed by atoms with van der Waals surface area (Å²) in [5.74, 6) is 3.31. The number of likely N-dealkylation sites (tertiary alicyclic amines) is 1. The van der Waals surface area contributed by atoms with Crippen LogP contribution in [0.5, 0.6) is 11.5 Å². The topological polar surface area (TPSA) is 140 Å². The average Bonchev–Trinajstić information content (AvgIpc) is 3.53. The monoisotopic (exact) mass is 700 g/mol. The maximum Gasteiger partial charge on any atom is 0.236 e. The number of nitrogens with zero attached hydrogens (tertiary/aromatic N) is 1. The summed E-state index contributed by atoms with van der Waals surface area (Å²) < 4.78 is 24.6. The van der Waals surface area contributed by atoms with Gasteiger partial charge in [-0.15, -0.1) is 6.58 Å². The zero-order valence-corrected chi connectivity index (χ0v) is 31.8. The Balaban J connectivity index is -0.000000690. The zero-order chi connectivity index (χ0) is 36.8. The van der Waals surface area contributed by atoms with Gasteiger partial charge in [-0.05, 0) is 63.2 Å². The highest BCUT2D eigenvalue weighted by molar-refractivity contribution is 7.82. The van der Waals surface area contributed by atoms with Gasteiger partial charge in [-0.2, -0.15) is 0 Å². The minimum absolute atomic E-state index is 0.0126. The van der Waals surface area contributed by atoms with Gasteiger partial charge in [0.15, 0.2) is 0 Å². The molecular formula is C35H61ClN4O6S. The van der Waals surface area contributed by atoms with Gasteiger partial charge in [0.2, 0.25) is 12.3 Å². The van der Waals surface area contributed by atoms with Crippen molar-refractivity contribution in [1.82, 2.24) is 14.9 Å². The van der Waals surface area contributed by atoms with Crippen molar-refractivity contribution < 1.29 is 28.1 Å². The molecule has 2 aromatic rings. The molecule has 1 aliphatic heterocycles. The van der Waals surface area contributed by atoms with Crippen LogP contribution in [0.1, 0.15) is 67.7 Å². The fraction of sp³-hybridized carbons (Fsp3) is 0.571. The lowest BCUT2D eigenvalue weighted by molar-refractivity contribution is -0.129. The number of ether oxygens (including phenoxy) is 2. The van der Waals surface area contributed by atoms with Gasteiger partial charge in [0.25, 0.3) is 0 Å². The molecule has 12 heteroatoms. The molecule has 2 aromatic carbocycles. The lowest BCUT2D eigenvalue weighted by Crippen LogP contribution is -2.36. The molecule has 0 spiro atoms. The number of carbonyl (C=O) groups excluding carboxylic acids is 3. The van der Waals surface area contributed by atoms with Crippen LogP contribution in [0.15, 0.2) is 43.0 Å². The van der Waals surface area contributed by atoms with Gasteiger partial charge in [0, 0.05) is 40.4 Å². The Labute approximate surface area is 291 Å². The molecule has 0 aromatic heterocycles. The van der Waals surface area contributed by atoms with Gasteiger partial charge in [-0.1, -0.05) is 66.1 Å². The number of allylic oxidation sites excluding steroid dienone is 1. The highest BCUT2D eigenvalue weighted by Crippen LogP contribution is 2.36. The molecule has 270 valence electrons. The lowest BCUT2D eigenvalue weighted by Gasteiger charge is -2.18.